The standard InChI is InChI=1S/C7H12NO3Si/c1-11-7(10)5-4-6(9)8(5)12(2)3/h5H,4H2,1-3H3/q+1/t5-/m1/s1. The number of carbonyl (C=O) groups is 2. The fourth-order valence-electron chi connectivity index (χ4n) is 1.30. The molecule has 0 aromatic carbocycles. The number of carbonyl (C=O) groups excluding carboxylic acids is 2. The van der Waals surface area contributed by atoms with E-state index >= 15 is 0 Å². The molecule has 1 heterocycles. The highest BCUT2D eigenvalue weighted by atomic mass is 28.3. The van der Waals surface area contributed by atoms with E-state index < -0.39 is 8.96 Å². The lowest BCUT2D eigenvalue weighted by atomic mass is 10.1. The van der Waals surface area contributed by atoms with Gasteiger partial charge in [0.25, 0.3) is 5.91 Å². The molecule has 0 N–H and O–H groups in total. The van der Waals surface area contributed by atoms with E-state index in [1.165, 1.54) is 7.11 Å². The number of esters is 1. The van der Waals surface area contributed by atoms with Crippen LogP contribution in [0.5, 0.6) is 0 Å². The SMILES string of the molecule is COC(=O)[C@H]1CC(=O)N1[Si+](C)C. The monoisotopic (exact) mass is 186 g/mol. The summed E-state index contributed by atoms with van der Waals surface area (Å²) in [5.41, 5.74) is 0. The Balaban J connectivity index is 2.60. The van der Waals surface area contributed by atoms with Gasteiger partial charge in [0.2, 0.25) is 0 Å². The molecule has 4 nitrogen and oxygen atoms in total. The van der Waals surface area contributed by atoms with Crippen LogP contribution in [0.4, 0.5) is 0 Å². The minimum absolute atomic E-state index is 0.0734. The van der Waals surface area contributed by atoms with Gasteiger partial charge in [-0.05, 0) is 0 Å². The van der Waals surface area contributed by atoms with Crippen molar-refractivity contribution in [3.63, 3.8) is 0 Å². The first-order valence-electron chi connectivity index (χ1n) is 3.78. The van der Waals surface area contributed by atoms with Crippen LogP contribution < -0.4 is 0 Å². The van der Waals surface area contributed by atoms with E-state index in [0.29, 0.717) is 6.42 Å². The average Bonchev–Trinajstić information content (AvgIpc) is 1.97. The van der Waals surface area contributed by atoms with Crippen LogP contribution in [0.3, 0.4) is 0 Å². The zero-order valence-corrected chi connectivity index (χ0v) is 8.46. The molecular weight excluding hydrogens is 174 g/mol. The molecule has 66 valence electrons. The number of hydrogen-bond acceptors (Lipinski definition) is 3. The molecule has 1 aliphatic rings. The number of hydrogen-bond donors (Lipinski definition) is 0. The number of ether oxygens (including phenoxy) is 1. The molecule has 1 aliphatic heterocycles. The van der Waals surface area contributed by atoms with Gasteiger partial charge < -0.3 is 4.74 Å². The van der Waals surface area contributed by atoms with Crippen LogP contribution in [0.15, 0.2) is 0 Å². The molecule has 1 atom stereocenters. The van der Waals surface area contributed by atoms with Gasteiger partial charge in [0.15, 0.2) is 6.04 Å². The maximum absolute atomic E-state index is 11.1. The number of methoxy groups -OCH3 is 1. The third-order valence-corrected chi connectivity index (χ3v) is 3.43. The third kappa shape index (κ3) is 1.36. The van der Waals surface area contributed by atoms with Crippen molar-refractivity contribution in [2.24, 2.45) is 0 Å². The summed E-state index contributed by atoms with van der Waals surface area (Å²) >= 11 is 0. The Hall–Kier alpha value is -0.843. The summed E-state index contributed by atoms with van der Waals surface area (Å²) in [4.78, 5) is 22.1. The van der Waals surface area contributed by atoms with E-state index in [1.54, 1.807) is 4.57 Å². The smallest absolute Gasteiger partial charge is 0.429 e. The highest BCUT2D eigenvalue weighted by molar-refractivity contribution is 6.57. The molecule has 0 aromatic rings. The maximum Gasteiger partial charge on any atom is 0.429 e. The summed E-state index contributed by atoms with van der Waals surface area (Å²) < 4.78 is 6.22. The predicted octanol–water partition coefficient (Wildman–Crippen LogP) is 0.0114. The first-order valence-corrected chi connectivity index (χ1v) is 6.22. The fraction of sp³-hybridized carbons (Fsp3) is 0.714. The second-order valence-corrected chi connectivity index (χ2v) is 5.33. The van der Waals surface area contributed by atoms with Crippen LogP contribution in [0.2, 0.25) is 13.1 Å². The summed E-state index contributed by atoms with van der Waals surface area (Å²) in [7, 11) is 0.503. The lowest BCUT2D eigenvalue weighted by molar-refractivity contribution is -0.158. The van der Waals surface area contributed by atoms with Crippen LogP contribution in [-0.2, 0) is 14.3 Å². The molecule has 0 bridgehead atoms. The van der Waals surface area contributed by atoms with Crippen molar-refractivity contribution < 1.29 is 14.3 Å². The number of amides is 1. The second kappa shape index (κ2) is 3.26. The highest BCUT2D eigenvalue weighted by Gasteiger charge is 2.51. The van der Waals surface area contributed by atoms with E-state index in [1.807, 2.05) is 13.1 Å². The van der Waals surface area contributed by atoms with Gasteiger partial charge in [-0.15, -0.1) is 0 Å². The van der Waals surface area contributed by atoms with E-state index in [4.69, 9.17) is 0 Å². The Morgan fingerprint density at radius 1 is 1.67 bits per heavy atom. The molecule has 12 heavy (non-hydrogen) atoms. The van der Waals surface area contributed by atoms with Crippen molar-refractivity contribution in [3.05, 3.63) is 0 Å². The Morgan fingerprint density at radius 2 is 2.25 bits per heavy atom. The number of nitrogens with zero attached hydrogens (tertiary/aromatic N) is 1. The van der Waals surface area contributed by atoms with Gasteiger partial charge in [0, 0.05) is 0 Å². The molecule has 0 aliphatic carbocycles. The normalized spacial score (nSPS) is 21.8. The van der Waals surface area contributed by atoms with Crippen LogP contribution >= 0.6 is 0 Å². The summed E-state index contributed by atoms with van der Waals surface area (Å²) in [5, 5.41) is 0. The molecule has 1 amide bonds. The zero-order chi connectivity index (χ0) is 9.30. The first-order chi connectivity index (χ1) is 5.57. The van der Waals surface area contributed by atoms with E-state index in [9.17, 15) is 9.59 Å². The highest BCUT2D eigenvalue weighted by Crippen LogP contribution is 2.21. The van der Waals surface area contributed by atoms with Crippen LogP contribution in [0.1, 0.15) is 6.42 Å². The summed E-state index contributed by atoms with van der Waals surface area (Å²) in [6.07, 6.45) is 0.322. The van der Waals surface area contributed by atoms with Crippen molar-refractivity contribution in [2.45, 2.75) is 25.6 Å². The van der Waals surface area contributed by atoms with Gasteiger partial charge in [0.1, 0.15) is 0 Å². The van der Waals surface area contributed by atoms with Gasteiger partial charge in [-0.1, -0.05) is 0 Å². The Kier molecular flexibility index (Phi) is 2.51. The minimum Gasteiger partial charge on any atom is -0.467 e. The molecule has 1 saturated heterocycles. The molecule has 0 spiro atoms. The Labute approximate surface area is 73.2 Å². The van der Waals surface area contributed by atoms with Gasteiger partial charge in [0.05, 0.1) is 26.6 Å². The van der Waals surface area contributed by atoms with Crippen molar-refractivity contribution in [1.29, 1.82) is 0 Å². The lowest BCUT2D eigenvalue weighted by Gasteiger charge is -2.32. The van der Waals surface area contributed by atoms with E-state index in [0.717, 1.165) is 0 Å². The fourth-order valence-corrected chi connectivity index (χ4v) is 2.71. The van der Waals surface area contributed by atoms with Crippen LogP contribution in [0.25, 0.3) is 0 Å². The molecule has 1 rings (SSSR count). The van der Waals surface area contributed by atoms with Gasteiger partial charge in [-0.25, -0.2) is 4.79 Å². The van der Waals surface area contributed by atoms with Crippen molar-refractivity contribution in [2.75, 3.05) is 7.11 Å². The molecule has 0 aromatic heterocycles. The van der Waals surface area contributed by atoms with Gasteiger partial charge >= 0.3 is 14.9 Å². The van der Waals surface area contributed by atoms with Gasteiger partial charge in [-0.3, -0.25) is 4.79 Å². The van der Waals surface area contributed by atoms with Crippen molar-refractivity contribution >= 4 is 20.8 Å². The zero-order valence-electron chi connectivity index (χ0n) is 7.46. The molecule has 0 unspecified atom stereocenters. The van der Waals surface area contributed by atoms with Crippen LogP contribution in [-0.4, -0.2) is 38.6 Å². The first kappa shape index (κ1) is 9.25. The largest absolute Gasteiger partial charge is 0.467 e. The predicted molar refractivity (Wildman–Crippen MR) is 44.7 cm³/mol. The summed E-state index contributed by atoms with van der Waals surface area (Å²) in [6, 6.07) is -0.300. The lowest BCUT2D eigenvalue weighted by Crippen LogP contribution is -2.61. The van der Waals surface area contributed by atoms with Crippen LogP contribution in [0, 0.1) is 0 Å². The topological polar surface area (TPSA) is 46.6 Å². The van der Waals surface area contributed by atoms with Crippen molar-refractivity contribution in [3.8, 4) is 0 Å². The Bertz CT molecular complexity index is 217. The molecule has 1 fully saturated rings. The quantitative estimate of drug-likeness (QED) is 0.347. The number of rotatable bonds is 2. The molecule has 0 radical (unpaired) electrons. The average molecular weight is 186 g/mol. The van der Waals surface area contributed by atoms with Gasteiger partial charge in [-0.2, -0.15) is 4.57 Å². The van der Waals surface area contributed by atoms with Crippen molar-refractivity contribution in [1.82, 2.24) is 4.57 Å². The minimum atomic E-state index is -0.845. The third-order valence-electron chi connectivity index (χ3n) is 1.90. The van der Waals surface area contributed by atoms with E-state index in [2.05, 4.69) is 4.74 Å². The summed E-state index contributed by atoms with van der Waals surface area (Å²) in [6.45, 7) is 3.97. The molecular formula is C7H12NO3Si+. The maximum atomic E-state index is 11.1. The Morgan fingerprint density at radius 3 is 2.58 bits per heavy atom. The van der Waals surface area contributed by atoms with E-state index in [-0.39, 0.29) is 17.9 Å². The molecule has 5 heteroatoms. The molecule has 0 saturated carbocycles. The summed E-state index contributed by atoms with van der Waals surface area (Å²) in [5.74, 6) is -0.218. The number of β-lactam (4-membered cyclic amide) rings is 1. The second-order valence-electron chi connectivity index (χ2n) is 2.95.